The molecule has 0 aliphatic rings. The Kier molecular flexibility index (Phi) is 3.55. The third-order valence-electron chi connectivity index (χ3n) is 1.66. The number of nitrogens with two attached hydrogens (primary N) is 1. The lowest BCUT2D eigenvalue weighted by atomic mass is 10.1. The summed E-state index contributed by atoms with van der Waals surface area (Å²) in [6.45, 7) is 1.51. The number of anilines is 1. The van der Waals surface area contributed by atoms with Gasteiger partial charge in [0, 0.05) is 11.3 Å². The normalized spacial score (nSPS) is 9.29. The summed E-state index contributed by atoms with van der Waals surface area (Å²) in [6, 6.07) is 7.03. The predicted molar refractivity (Wildman–Crippen MR) is 60.0 cm³/mol. The SMILES string of the molecule is CC(=O)c1cccc(NC(=S)NN)c1. The summed E-state index contributed by atoms with van der Waals surface area (Å²) in [5.41, 5.74) is 3.67. The Morgan fingerprint density at radius 3 is 2.79 bits per heavy atom. The van der Waals surface area contributed by atoms with Crippen LogP contribution in [0.2, 0.25) is 0 Å². The first kappa shape index (κ1) is 10.6. The van der Waals surface area contributed by atoms with Crippen LogP contribution in [0.5, 0.6) is 0 Å². The third kappa shape index (κ3) is 2.79. The van der Waals surface area contributed by atoms with Crippen LogP contribution >= 0.6 is 12.2 Å². The van der Waals surface area contributed by atoms with Crippen LogP contribution in [0, 0.1) is 0 Å². The van der Waals surface area contributed by atoms with E-state index in [-0.39, 0.29) is 5.78 Å². The molecule has 0 fully saturated rings. The van der Waals surface area contributed by atoms with Crippen LogP contribution in [0.3, 0.4) is 0 Å². The number of Topliss-reactive ketones (excluding diaryl/α,β-unsaturated/α-hetero) is 1. The van der Waals surface area contributed by atoms with Crippen molar-refractivity contribution in [3.63, 3.8) is 0 Å². The second-order valence-electron chi connectivity index (χ2n) is 2.74. The van der Waals surface area contributed by atoms with Gasteiger partial charge in [0.15, 0.2) is 10.9 Å². The standard InChI is InChI=1S/C9H11N3OS/c1-6(13)7-3-2-4-8(5-7)11-9(14)12-10/h2-5H,10H2,1H3,(H2,11,12,14). The van der Waals surface area contributed by atoms with E-state index in [1.807, 2.05) is 0 Å². The Balaban J connectivity index is 2.83. The number of carbonyl (C=O) groups excluding carboxylic acids is 1. The molecule has 4 nitrogen and oxygen atoms in total. The van der Waals surface area contributed by atoms with Crippen molar-refractivity contribution in [3.05, 3.63) is 29.8 Å². The first-order valence-corrected chi connectivity index (χ1v) is 4.43. The zero-order valence-corrected chi connectivity index (χ0v) is 8.52. The molecule has 1 aromatic carbocycles. The zero-order valence-electron chi connectivity index (χ0n) is 7.70. The lowest BCUT2D eigenvalue weighted by Crippen LogP contribution is -2.34. The van der Waals surface area contributed by atoms with Gasteiger partial charge >= 0.3 is 0 Å². The topological polar surface area (TPSA) is 67.2 Å². The first-order valence-electron chi connectivity index (χ1n) is 4.02. The first-order chi connectivity index (χ1) is 6.63. The molecule has 74 valence electrons. The van der Waals surface area contributed by atoms with Crippen LogP contribution in [-0.4, -0.2) is 10.9 Å². The Bertz CT molecular complexity index is 365. The smallest absolute Gasteiger partial charge is 0.185 e. The molecule has 1 aromatic rings. The van der Waals surface area contributed by atoms with Crippen molar-refractivity contribution >= 4 is 28.8 Å². The van der Waals surface area contributed by atoms with E-state index in [2.05, 4.69) is 10.7 Å². The predicted octanol–water partition coefficient (Wildman–Crippen LogP) is 1.05. The van der Waals surface area contributed by atoms with Gasteiger partial charge in [0.2, 0.25) is 0 Å². The maximum atomic E-state index is 11.1. The number of hydrogen-bond donors (Lipinski definition) is 3. The number of hydrazine groups is 1. The van der Waals surface area contributed by atoms with Gasteiger partial charge in [0.25, 0.3) is 0 Å². The van der Waals surface area contributed by atoms with Crippen LogP contribution < -0.4 is 16.6 Å². The van der Waals surface area contributed by atoms with Crippen LogP contribution in [0.15, 0.2) is 24.3 Å². The molecule has 1 rings (SSSR count). The van der Waals surface area contributed by atoms with Crippen molar-refractivity contribution in [1.82, 2.24) is 5.43 Å². The van der Waals surface area contributed by atoms with Gasteiger partial charge in [-0.3, -0.25) is 4.79 Å². The van der Waals surface area contributed by atoms with Gasteiger partial charge in [-0.25, -0.2) is 5.84 Å². The van der Waals surface area contributed by atoms with Gasteiger partial charge in [-0.15, -0.1) is 0 Å². The lowest BCUT2D eigenvalue weighted by molar-refractivity contribution is 0.101. The van der Waals surface area contributed by atoms with E-state index in [1.165, 1.54) is 6.92 Å². The van der Waals surface area contributed by atoms with Crippen molar-refractivity contribution < 1.29 is 4.79 Å². The molecule has 0 heterocycles. The summed E-state index contributed by atoms with van der Waals surface area (Å²) < 4.78 is 0. The number of benzene rings is 1. The maximum absolute atomic E-state index is 11.1. The monoisotopic (exact) mass is 209 g/mol. The molecule has 0 radical (unpaired) electrons. The molecular weight excluding hydrogens is 198 g/mol. The highest BCUT2D eigenvalue weighted by Crippen LogP contribution is 2.10. The van der Waals surface area contributed by atoms with E-state index in [4.69, 9.17) is 18.1 Å². The van der Waals surface area contributed by atoms with Crippen LogP contribution in [0.1, 0.15) is 17.3 Å². The lowest BCUT2D eigenvalue weighted by Gasteiger charge is -2.07. The van der Waals surface area contributed by atoms with E-state index in [0.717, 1.165) is 5.69 Å². The van der Waals surface area contributed by atoms with Crippen LogP contribution in [0.25, 0.3) is 0 Å². The van der Waals surface area contributed by atoms with Gasteiger partial charge in [-0.1, -0.05) is 12.1 Å². The van der Waals surface area contributed by atoms with Crippen molar-refractivity contribution in [3.8, 4) is 0 Å². The van der Waals surface area contributed by atoms with Crippen molar-refractivity contribution in [2.45, 2.75) is 6.92 Å². The molecule has 0 aliphatic heterocycles. The minimum atomic E-state index is 0.0141. The average molecular weight is 209 g/mol. The third-order valence-corrected chi connectivity index (χ3v) is 1.88. The van der Waals surface area contributed by atoms with Crippen molar-refractivity contribution in [1.29, 1.82) is 0 Å². The fourth-order valence-corrected chi connectivity index (χ4v) is 1.10. The molecule has 0 atom stereocenters. The van der Waals surface area contributed by atoms with Crippen LogP contribution in [-0.2, 0) is 0 Å². The Morgan fingerprint density at radius 2 is 2.21 bits per heavy atom. The molecule has 0 saturated heterocycles. The van der Waals surface area contributed by atoms with Crippen molar-refractivity contribution in [2.24, 2.45) is 5.84 Å². The number of ketones is 1. The van der Waals surface area contributed by atoms with Gasteiger partial charge < -0.3 is 10.7 Å². The fourth-order valence-electron chi connectivity index (χ4n) is 0.983. The van der Waals surface area contributed by atoms with Gasteiger partial charge in [0.05, 0.1) is 0 Å². The minimum absolute atomic E-state index is 0.0141. The van der Waals surface area contributed by atoms with Crippen LogP contribution in [0.4, 0.5) is 5.69 Å². The molecule has 0 aliphatic carbocycles. The number of rotatable bonds is 2. The number of carbonyl (C=O) groups is 1. The van der Waals surface area contributed by atoms with E-state index in [0.29, 0.717) is 10.7 Å². The Morgan fingerprint density at radius 1 is 1.50 bits per heavy atom. The molecule has 4 N–H and O–H groups in total. The molecular formula is C9H11N3OS. The highest BCUT2D eigenvalue weighted by molar-refractivity contribution is 7.80. The molecule has 0 spiro atoms. The van der Waals surface area contributed by atoms with Gasteiger partial charge in [-0.05, 0) is 31.3 Å². The molecule has 0 aromatic heterocycles. The Hall–Kier alpha value is -1.46. The second kappa shape index (κ2) is 4.69. The fraction of sp³-hybridized carbons (Fsp3) is 0.111. The highest BCUT2D eigenvalue weighted by atomic mass is 32.1. The maximum Gasteiger partial charge on any atom is 0.185 e. The van der Waals surface area contributed by atoms with Gasteiger partial charge in [0.1, 0.15) is 0 Å². The zero-order chi connectivity index (χ0) is 10.6. The van der Waals surface area contributed by atoms with E-state index in [9.17, 15) is 4.79 Å². The summed E-state index contributed by atoms with van der Waals surface area (Å²) in [6.07, 6.45) is 0. The quantitative estimate of drug-likeness (QED) is 0.294. The molecule has 14 heavy (non-hydrogen) atoms. The molecule has 0 saturated carbocycles. The number of thiocarbonyl (C=S) groups is 1. The number of nitrogens with one attached hydrogen (secondary N) is 2. The van der Waals surface area contributed by atoms with Gasteiger partial charge in [-0.2, -0.15) is 0 Å². The molecule has 0 bridgehead atoms. The van der Waals surface area contributed by atoms with E-state index < -0.39 is 0 Å². The van der Waals surface area contributed by atoms with E-state index in [1.54, 1.807) is 24.3 Å². The summed E-state index contributed by atoms with van der Waals surface area (Å²) in [5.74, 6) is 5.11. The molecule has 0 amide bonds. The van der Waals surface area contributed by atoms with Crippen molar-refractivity contribution in [2.75, 3.05) is 5.32 Å². The minimum Gasteiger partial charge on any atom is -0.332 e. The largest absolute Gasteiger partial charge is 0.332 e. The summed E-state index contributed by atoms with van der Waals surface area (Å²) in [5, 5.41) is 3.14. The molecule has 5 heteroatoms. The second-order valence-corrected chi connectivity index (χ2v) is 3.14. The number of hydrogen-bond acceptors (Lipinski definition) is 3. The molecule has 0 unspecified atom stereocenters. The van der Waals surface area contributed by atoms with E-state index >= 15 is 0 Å². The summed E-state index contributed by atoms with van der Waals surface area (Å²) >= 11 is 4.81. The highest BCUT2D eigenvalue weighted by Gasteiger charge is 2.00. The summed E-state index contributed by atoms with van der Waals surface area (Å²) in [7, 11) is 0. The summed E-state index contributed by atoms with van der Waals surface area (Å²) in [4.78, 5) is 11.1. The average Bonchev–Trinajstić information content (AvgIpc) is 2.18. The Labute approximate surface area is 87.5 Å².